The molecule has 0 amide bonds. The highest BCUT2D eigenvalue weighted by molar-refractivity contribution is 6.18. The van der Waals surface area contributed by atoms with Gasteiger partial charge in [-0.15, -0.1) is 0 Å². The van der Waals surface area contributed by atoms with Crippen LogP contribution >= 0.6 is 0 Å². The summed E-state index contributed by atoms with van der Waals surface area (Å²) in [5.41, 5.74) is 13.1. The molecule has 0 N–H and O–H groups in total. The minimum absolute atomic E-state index is 0.0330. The third-order valence-corrected chi connectivity index (χ3v) is 11.1. The topological polar surface area (TPSA) is 0 Å². The van der Waals surface area contributed by atoms with E-state index in [0.717, 1.165) is 0 Å². The third-order valence-electron chi connectivity index (χ3n) is 11.1. The summed E-state index contributed by atoms with van der Waals surface area (Å²) in [5, 5.41) is 10.2. The number of fused-ring (bicyclic) bond motifs is 8. The zero-order chi connectivity index (χ0) is 32.7. The second-order valence-electron chi connectivity index (χ2n) is 14.0. The molecule has 49 heavy (non-hydrogen) atoms. The Morgan fingerprint density at radius 3 is 1.43 bits per heavy atom. The molecule has 0 fully saturated rings. The number of rotatable bonds is 3. The molecule has 1 aliphatic carbocycles. The van der Waals surface area contributed by atoms with Gasteiger partial charge in [-0.2, -0.15) is 0 Å². The fraction of sp³-hybridized carbons (Fsp3) is 0.0612. The van der Waals surface area contributed by atoms with Gasteiger partial charge in [0.05, 0.1) is 0 Å². The van der Waals surface area contributed by atoms with Crippen molar-refractivity contribution in [2.45, 2.75) is 19.3 Å². The molecule has 0 aromatic heterocycles. The minimum Gasteiger partial charge on any atom is -0.0619 e. The fourth-order valence-corrected chi connectivity index (χ4v) is 8.73. The molecule has 1 aliphatic rings. The number of benzene rings is 9. The molecule has 0 bridgehead atoms. The van der Waals surface area contributed by atoms with Gasteiger partial charge >= 0.3 is 0 Å². The number of hydrogen-bond acceptors (Lipinski definition) is 0. The van der Waals surface area contributed by atoms with Crippen LogP contribution < -0.4 is 0 Å². The van der Waals surface area contributed by atoms with E-state index in [0.29, 0.717) is 0 Å². The van der Waals surface area contributed by atoms with Crippen LogP contribution in [0.25, 0.3) is 87.6 Å². The predicted molar refractivity (Wildman–Crippen MR) is 210 cm³/mol. The van der Waals surface area contributed by atoms with Gasteiger partial charge in [0.15, 0.2) is 0 Å². The highest BCUT2D eigenvalue weighted by Gasteiger charge is 2.35. The second-order valence-corrected chi connectivity index (χ2v) is 14.0. The van der Waals surface area contributed by atoms with Gasteiger partial charge in [0.25, 0.3) is 0 Å². The van der Waals surface area contributed by atoms with Crippen LogP contribution in [-0.2, 0) is 5.41 Å². The van der Waals surface area contributed by atoms with Crippen molar-refractivity contribution in [3.63, 3.8) is 0 Å². The summed E-state index contributed by atoms with van der Waals surface area (Å²) in [5.74, 6) is 0. The summed E-state index contributed by atoms with van der Waals surface area (Å²) < 4.78 is 0. The average Bonchev–Trinajstić information content (AvgIpc) is 3.39. The lowest BCUT2D eigenvalue weighted by Crippen LogP contribution is -2.14. The van der Waals surface area contributed by atoms with Crippen LogP contribution in [0.15, 0.2) is 170 Å². The van der Waals surface area contributed by atoms with E-state index in [1.54, 1.807) is 0 Å². The van der Waals surface area contributed by atoms with Gasteiger partial charge in [0.2, 0.25) is 0 Å². The van der Waals surface area contributed by atoms with Crippen molar-refractivity contribution in [1.29, 1.82) is 0 Å². The van der Waals surface area contributed by atoms with Gasteiger partial charge in [0.1, 0.15) is 0 Å². The van der Waals surface area contributed by atoms with Gasteiger partial charge in [-0.1, -0.05) is 172 Å². The minimum atomic E-state index is -0.0330. The molecule has 0 aliphatic heterocycles. The van der Waals surface area contributed by atoms with E-state index in [-0.39, 0.29) is 5.41 Å². The lowest BCUT2D eigenvalue weighted by atomic mass is 9.81. The summed E-state index contributed by atoms with van der Waals surface area (Å²) in [4.78, 5) is 0. The molecule has 0 radical (unpaired) electrons. The van der Waals surface area contributed by atoms with Gasteiger partial charge in [-0.25, -0.2) is 0 Å². The Morgan fingerprint density at radius 1 is 0.286 bits per heavy atom. The van der Waals surface area contributed by atoms with Crippen molar-refractivity contribution < 1.29 is 0 Å². The van der Waals surface area contributed by atoms with Crippen molar-refractivity contribution >= 4 is 43.1 Å². The first-order valence-corrected chi connectivity index (χ1v) is 17.3. The standard InChI is InChI=1S/C49H34/c1-49(2)47-26-8-7-17-44(47)45-28-27-32(30-48(45)49)34-18-9-20-37-36(34)19-10-21-38(37)39-22-11-24-41-40(39)23-12-25-43(41)46-29-31-13-3-4-14-33(31)35-15-5-6-16-42(35)46/h3-30H,1-2H3. The summed E-state index contributed by atoms with van der Waals surface area (Å²) >= 11 is 0. The smallest absolute Gasteiger partial charge is 0.0159 e. The molecule has 10 rings (SSSR count). The first-order chi connectivity index (χ1) is 24.1. The van der Waals surface area contributed by atoms with Crippen molar-refractivity contribution in [1.82, 2.24) is 0 Å². The number of hydrogen-bond donors (Lipinski definition) is 0. The normalized spacial score (nSPS) is 13.3. The van der Waals surface area contributed by atoms with E-state index in [4.69, 9.17) is 0 Å². The van der Waals surface area contributed by atoms with E-state index < -0.39 is 0 Å². The summed E-state index contributed by atoms with van der Waals surface area (Å²) in [6, 6.07) is 63.2. The van der Waals surface area contributed by atoms with Crippen molar-refractivity contribution in [2.75, 3.05) is 0 Å². The van der Waals surface area contributed by atoms with Gasteiger partial charge < -0.3 is 0 Å². The summed E-state index contributed by atoms with van der Waals surface area (Å²) in [7, 11) is 0. The van der Waals surface area contributed by atoms with Crippen LogP contribution in [0.4, 0.5) is 0 Å². The Hall–Kier alpha value is -5.98. The van der Waals surface area contributed by atoms with Gasteiger partial charge in [-0.3, -0.25) is 0 Å². The summed E-state index contributed by atoms with van der Waals surface area (Å²) in [6.07, 6.45) is 0. The van der Waals surface area contributed by atoms with E-state index in [9.17, 15) is 0 Å². The molecule has 0 saturated carbocycles. The Balaban J connectivity index is 1.16. The molecule has 0 atom stereocenters. The van der Waals surface area contributed by atoms with Crippen LogP contribution in [0, 0.1) is 0 Å². The molecule has 0 nitrogen and oxygen atoms in total. The Kier molecular flexibility index (Phi) is 6.02. The molecule has 0 heterocycles. The second kappa shape index (κ2) is 10.5. The van der Waals surface area contributed by atoms with Gasteiger partial charge in [0, 0.05) is 5.41 Å². The Morgan fingerprint density at radius 2 is 0.735 bits per heavy atom. The molecule has 0 spiro atoms. The predicted octanol–water partition coefficient (Wildman–Crippen LogP) is 13.6. The maximum Gasteiger partial charge on any atom is 0.0159 e. The van der Waals surface area contributed by atoms with Crippen LogP contribution in [0.1, 0.15) is 25.0 Å². The Labute approximate surface area is 286 Å². The zero-order valence-corrected chi connectivity index (χ0v) is 27.7. The molecule has 230 valence electrons. The quantitative estimate of drug-likeness (QED) is 0.172. The lowest BCUT2D eigenvalue weighted by Gasteiger charge is -2.22. The van der Waals surface area contributed by atoms with Crippen LogP contribution in [0.2, 0.25) is 0 Å². The molecule has 0 heteroatoms. The van der Waals surface area contributed by atoms with Crippen LogP contribution in [0.5, 0.6) is 0 Å². The summed E-state index contributed by atoms with van der Waals surface area (Å²) in [6.45, 7) is 4.72. The van der Waals surface area contributed by atoms with Crippen molar-refractivity contribution in [3.05, 3.63) is 181 Å². The SMILES string of the molecule is CC1(C)c2ccccc2-c2ccc(-c3cccc4c(-c5cccc6c(-c7cc8ccccc8c8ccccc78)cccc56)cccc34)cc21. The highest BCUT2D eigenvalue weighted by Crippen LogP contribution is 2.50. The molecule has 0 unspecified atom stereocenters. The Bertz CT molecular complexity index is 2800. The third kappa shape index (κ3) is 4.11. The molecule has 9 aromatic rings. The first kappa shape index (κ1) is 28.1. The first-order valence-electron chi connectivity index (χ1n) is 17.3. The van der Waals surface area contributed by atoms with E-state index in [1.165, 1.54) is 98.7 Å². The highest BCUT2D eigenvalue weighted by atomic mass is 14.4. The van der Waals surface area contributed by atoms with Crippen LogP contribution in [-0.4, -0.2) is 0 Å². The maximum absolute atomic E-state index is 2.44. The monoisotopic (exact) mass is 622 g/mol. The largest absolute Gasteiger partial charge is 0.0619 e. The van der Waals surface area contributed by atoms with Crippen LogP contribution in [0.3, 0.4) is 0 Å². The van der Waals surface area contributed by atoms with E-state index in [1.807, 2.05) is 0 Å². The average molecular weight is 623 g/mol. The molecular weight excluding hydrogens is 589 g/mol. The molecule has 9 aromatic carbocycles. The van der Waals surface area contributed by atoms with Crippen molar-refractivity contribution in [3.8, 4) is 44.5 Å². The van der Waals surface area contributed by atoms with E-state index in [2.05, 4.69) is 184 Å². The molecule has 0 saturated heterocycles. The maximum atomic E-state index is 2.44. The van der Waals surface area contributed by atoms with Gasteiger partial charge in [-0.05, 0) is 111 Å². The van der Waals surface area contributed by atoms with E-state index >= 15 is 0 Å². The fourth-order valence-electron chi connectivity index (χ4n) is 8.73. The zero-order valence-electron chi connectivity index (χ0n) is 27.7. The lowest BCUT2D eigenvalue weighted by molar-refractivity contribution is 0.660. The molecular formula is C49H34. The van der Waals surface area contributed by atoms with Crippen molar-refractivity contribution in [2.24, 2.45) is 0 Å².